The first-order chi connectivity index (χ1) is 12.2. The van der Waals surface area contributed by atoms with E-state index in [0.29, 0.717) is 18.5 Å². The van der Waals surface area contributed by atoms with Crippen molar-refractivity contribution in [2.75, 3.05) is 5.32 Å². The molecule has 1 amide bonds. The molecule has 2 aliphatic carbocycles. The van der Waals surface area contributed by atoms with E-state index in [9.17, 15) is 4.79 Å². The maximum Gasteiger partial charge on any atom is 0.251 e. The highest BCUT2D eigenvalue weighted by molar-refractivity contribution is 5.97. The van der Waals surface area contributed by atoms with Gasteiger partial charge in [-0.2, -0.15) is 0 Å². The Kier molecular flexibility index (Phi) is 4.43. The van der Waals surface area contributed by atoms with Crippen molar-refractivity contribution < 1.29 is 4.79 Å². The highest BCUT2D eigenvalue weighted by Crippen LogP contribution is 2.44. The maximum absolute atomic E-state index is 12.8. The number of aromatic nitrogens is 1. The van der Waals surface area contributed by atoms with Gasteiger partial charge in [0.05, 0.1) is 12.2 Å². The van der Waals surface area contributed by atoms with Gasteiger partial charge in [0.2, 0.25) is 0 Å². The Morgan fingerprint density at radius 1 is 1.16 bits per heavy atom. The summed E-state index contributed by atoms with van der Waals surface area (Å²) in [5.74, 6) is 1.60. The largest absolute Gasteiger partial charge is 0.379 e. The Morgan fingerprint density at radius 3 is 2.80 bits per heavy atom. The number of hydrogen-bond acceptors (Lipinski definition) is 3. The first-order valence-corrected chi connectivity index (χ1v) is 9.25. The van der Waals surface area contributed by atoms with Gasteiger partial charge in [0, 0.05) is 23.5 Å². The summed E-state index contributed by atoms with van der Waals surface area (Å²) in [7, 11) is 0. The topological polar surface area (TPSA) is 54.0 Å². The summed E-state index contributed by atoms with van der Waals surface area (Å²) in [6.45, 7) is 2.66. The molecule has 2 fully saturated rings. The van der Waals surface area contributed by atoms with Gasteiger partial charge in [-0.3, -0.25) is 9.78 Å². The van der Waals surface area contributed by atoms with Gasteiger partial charge in [-0.1, -0.05) is 18.6 Å². The molecule has 2 bridgehead atoms. The summed E-state index contributed by atoms with van der Waals surface area (Å²) in [4.78, 5) is 17.1. The van der Waals surface area contributed by atoms with Crippen LogP contribution in [0.5, 0.6) is 0 Å². The quantitative estimate of drug-likeness (QED) is 0.871. The lowest BCUT2D eigenvalue weighted by Crippen LogP contribution is -2.38. The predicted octanol–water partition coefficient (Wildman–Crippen LogP) is 3.92. The minimum Gasteiger partial charge on any atom is -0.379 e. The second-order valence-corrected chi connectivity index (χ2v) is 7.41. The molecule has 0 unspecified atom stereocenters. The van der Waals surface area contributed by atoms with Gasteiger partial charge >= 0.3 is 0 Å². The third kappa shape index (κ3) is 3.39. The molecule has 3 atom stereocenters. The fourth-order valence-electron chi connectivity index (χ4n) is 4.43. The van der Waals surface area contributed by atoms with Crippen LogP contribution in [0.25, 0.3) is 0 Å². The summed E-state index contributed by atoms with van der Waals surface area (Å²) in [6.07, 6.45) is 6.88. The van der Waals surface area contributed by atoms with E-state index < -0.39 is 0 Å². The number of hydrogen-bond donors (Lipinski definition) is 2. The number of carbonyl (C=O) groups is 1. The third-order valence-corrected chi connectivity index (χ3v) is 5.82. The monoisotopic (exact) mass is 335 g/mol. The molecule has 0 saturated heterocycles. The molecule has 2 saturated carbocycles. The van der Waals surface area contributed by atoms with E-state index in [2.05, 4.69) is 15.6 Å². The number of rotatable bonds is 5. The van der Waals surface area contributed by atoms with Crippen molar-refractivity contribution in [1.29, 1.82) is 0 Å². The van der Waals surface area contributed by atoms with Gasteiger partial charge < -0.3 is 10.6 Å². The van der Waals surface area contributed by atoms with Crippen LogP contribution >= 0.6 is 0 Å². The van der Waals surface area contributed by atoms with Crippen molar-refractivity contribution in [1.82, 2.24) is 10.3 Å². The van der Waals surface area contributed by atoms with Gasteiger partial charge in [0.1, 0.15) is 0 Å². The fourth-order valence-corrected chi connectivity index (χ4v) is 4.43. The first-order valence-electron chi connectivity index (χ1n) is 9.25. The van der Waals surface area contributed by atoms with Gasteiger partial charge in [-0.25, -0.2) is 0 Å². The second-order valence-electron chi connectivity index (χ2n) is 7.41. The second kappa shape index (κ2) is 6.87. The third-order valence-electron chi connectivity index (χ3n) is 5.82. The standard InChI is InChI=1S/C21H25N3O/c1-14-18(21(25)24-20-12-15-8-9-16(20)11-15)6-4-7-19(14)23-13-17-5-2-3-10-22-17/h2-7,10,15-16,20,23H,8-9,11-13H2,1H3,(H,24,25)/t15-,16+,20+/m0/s1. The molecule has 2 N–H and O–H groups in total. The number of nitrogens with zero attached hydrogens (tertiary/aromatic N) is 1. The van der Waals surface area contributed by atoms with Gasteiger partial charge in [0.25, 0.3) is 5.91 Å². The molecular formula is C21H25N3O. The van der Waals surface area contributed by atoms with E-state index in [1.807, 2.05) is 43.3 Å². The smallest absolute Gasteiger partial charge is 0.251 e. The van der Waals surface area contributed by atoms with Crippen molar-refractivity contribution in [3.63, 3.8) is 0 Å². The molecule has 1 heterocycles. The van der Waals surface area contributed by atoms with E-state index in [4.69, 9.17) is 0 Å². The highest BCUT2D eigenvalue weighted by atomic mass is 16.1. The molecule has 25 heavy (non-hydrogen) atoms. The van der Waals surface area contributed by atoms with E-state index >= 15 is 0 Å². The minimum atomic E-state index is 0.0662. The van der Waals surface area contributed by atoms with E-state index in [-0.39, 0.29) is 5.91 Å². The van der Waals surface area contributed by atoms with Crippen LogP contribution in [0, 0.1) is 18.8 Å². The highest BCUT2D eigenvalue weighted by Gasteiger charge is 2.40. The number of carbonyl (C=O) groups excluding carboxylic acids is 1. The Labute approximate surface area is 149 Å². The molecule has 1 aromatic heterocycles. The Balaban J connectivity index is 1.44. The zero-order valence-corrected chi connectivity index (χ0v) is 14.7. The summed E-state index contributed by atoms with van der Waals surface area (Å²) in [6, 6.07) is 12.1. The number of amides is 1. The van der Waals surface area contributed by atoms with Crippen LogP contribution in [0.2, 0.25) is 0 Å². The predicted molar refractivity (Wildman–Crippen MR) is 99.4 cm³/mol. The molecule has 4 nitrogen and oxygen atoms in total. The molecule has 0 radical (unpaired) electrons. The number of pyridine rings is 1. The minimum absolute atomic E-state index is 0.0662. The number of fused-ring (bicyclic) bond motifs is 2. The van der Waals surface area contributed by atoms with Crippen LogP contribution < -0.4 is 10.6 Å². The number of nitrogens with one attached hydrogen (secondary N) is 2. The molecule has 130 valence electrons. The van der Waals surface area contributed by atoms with Crippen molar-refractivity contribution in [2.24, 2.45) is 11.8 Å². The SMILES string of the molecule is Cc1c(NCc2ccccn2)cccc1C(=O)N[C@@H]1C[C@H]2CC[C@@H]1C2. The lowest BCUT2D eigenvalue weighted by atomic mass is 9.95. The van der Waals surface area contributed by atoms with Crippen molar-refractivity contribution in [3.05, 3.63) is 59.4 Å². The van der Waals surface area contributed by atoms with Gasteiger partial charge in [-0.05, 0) is 67.9 Å². The average Bonchev–Trinajstić information content (AvgIpc) is 3.24. The van der Waals surface area contributed by atoms with Crippen LogP contribution in [0.1, 0.15) is 47.3 Å². The van der Waals surface area contributed by atoms with Gasteiger partial charge in [-0.15, -0.1) is 0 Å². The zero-order valence-electron chi connectivity index (χ0n) is 14.7. The maximum atomic E-state index is 12.8. The molecule has 4 rings (SSSR count). The van der Waals surface area contributed by atoms with E-state index in [1.165, 1.54) is 19.3 Å². The van der Waals surface area contributed by atoms with Crippen LogP contribution in [0.4, 0.5) is 5.69 Å². The van der Waals surface area contributed by atoms with E-state index in [1.54, 1.807) is 6.20 Å². The average molecular weight is 335 g/mol. The number of benzene rings is 1. The molecule has 2 aliphatic rings. The summed E-state index contributed by atoms with van der Waals surface area (Å²) >= 11 is 0. The van der Waals surface area contributed by atoms with Crippen molar-refractivity contribution in [2.45, 2.75) is 45.2 Å². The van der Waals surface area contributed by atoms with Crippen molar-refractivity contribution >= 4 is 11.6 Å². The van der Waals surface area contributed by atoms with Crippen LogP contribution in [-0.2, 0) is 6.54 Å². The van der Waals surface area contributed by atoms with Gasteiger partial charge in [0.15, 0.2) is 0 Å². The fraction of sp³-hybridized carbons (Fsp3) is 0.429. The first kappa shape index (κ1) is 16.1. The molecule has 0 spiro atoms. The molecule has 4 heteroatoms. The lowest BCUT2D eigenvalue weighted by molar-refractivity contribution is 0.0922. The van der Waals surface area contributed by atoms with Crippen molar-refractivity contribution in [3.8, 4) is 0 Å². The molecule has 1 aromatic carbocycles. The Morgan fingerprint density at radius 2 is 2.08 bits per heavy atom. The Bertz CT molecular complexity index is 759. The van der Waals surface area contributed by atoms with E-state index in [0.717, 1.165) is 34.8 Å². The molecule has 0 aliphatic heterocycles. The summed E-state index contributed by atoms with van der Waals surface area (Å²) in [5, 5.41) is 6.69. The molecule has 2 aromatic rings. The summed E-state index contributed by atoms with van der Waals surface area (Å²) < 4.78 is 0. The van der Waals surface area contributed by atoms with Crippen LogP contribution in [-0.4, -0.2) is 16.9 Å². The molecular weight excluding hydrogens is 310 g/mol. The lowest BCUT2D eigenvalue weighted by Gasteiger charge is -2.23. The Hall–Kier alpha value is -2.36. The number of anilines is 1. The zero-order chi connectivity index (χ0) is 17.2. The van der Waals surface area contributed by atoms with Crippen LogP contribution in [0.15, 0.2) is 42.6 Å². The summed E-state index contributed by atoms with van der Waals surface area (Å²) in [5.41, 5.74) is 3.75. The normalized spacial score (nSPS) is 24.3. The van der Waals surface area contributed by atoms with Crippen LogP contribution in [0.3, 0.4) is 0 Å².